The van der Waals surface area contributed by atoms with Crippen LogP contribution in [0.15, 0.2) is 24.2 Å². The minimum absolute atomic E-state index is 0.0411. The predicted molar refractivity (Wildman–Crippen MR) is 84.9 cm³/mol. The molecule has 0 radical (unpaired) electrons. The van der Waals surface area contributed by atoms with Crippen LogP contribution in [0.5, 0.6) is 0 Å². The van der Waals surface area contributed by atoms with Crippen molar-refractivity contribution in [2.75, 3.05) is 6.61 Å². The fourth-order valence-electron chi connectivity index (χ4n) is 2.17. The van der Waals surface area contributed by atoms with E-state index < -0.39 is 41.4 Å². The lowest BCUT2D eigenvalue weighted by atomic mass is 9.83. The lowest BCUT2D eigenvalue weighted by Gasteiger charge is -2.32. The van der Waals surface area contributed by atoms with Gasteiger partial charge in [-0.15, -0.1) is 0 Å². The number of ether oxygens (including phenoxy) is 1. The van der Waals surface area contributed by atoms with Gasteiger partial charge in [-0.25, -0.2) is 13.6 Å². The van der Waals surface area contributed by atoms with Crippen molar-refractivity contribution in [3.05, 3.63) is 35.6 Å². The Morgan fingerprint density at radius 1 is 1.25 bits per heavy atom. The number of carbonyl (C=O) groups excluding carboxylic acids is 1. The van der Waals surface area contributed by atoms with Crippen molar-refractivity contribution < 1.29 is 27.6 Å². The van der Waals surface area contributed by atoms with Gasteiger partial charge < -0.3 is 14.0 Å². The Morgan fingerprint density at radius 2 is 1.83 bits per heavy atom. The van der Waals surface area contributed by atoms with E-state index in [0.29, 0.717) is 0 Å². The third-order valence-electron chi connectivity index (χ3n) is 4.17. The Kier molecular flexibility index (Phi) is 5.10. The van der Waals surface area contributed by atoms with Crippen molar-refractivity contribution in [3.63, 3.8) is 0 Å². The fraction of sp³-hybridized carbons (Fsp3) is 0.500. The Balaban J connectivity index is 2.49. The van der Waals surface area contributed by atoms with E-state index in [2.05, 4.69) is 4.98 Å². The van der Waals surface area contributed by atoms with E-state index in [-0.39, 0.29) is 12.2 Å². The number of carbonyl (C=O) groups is 1. The molecule has 1 saturated heterocycles. The van der Waals surface area contributed by atoms with Crippen LogP contribution in [-0.4, -0.2) is 35.9 Å². The van der Waals surface area contributed by atoms with Gasteiger partial charge in [0.05, 0.1) is 29.6 Å². The molecule has 2 heterocycles. The van der Waals surface area contributed by atoms with Gasteiger partial charge in [0.2, 0.25) is 0 Å². The molecule has 1 aliphatic heterocycles. The molecule has 0 aromatic carbocycles. The molecular formula is C16H20BF2NO4. The summed E-state index contributed by atoms with van der Waals surface area (Å²) in [5.74, 6) is -1.63. The van der Waals surface area contributed by atoms with Crippen LogP contribution in [0, 0.1) is 5.82 Å². The zero-order valence-electron chi connectivity index (χ0n) is 14.4. The Labute approximate surface area is 140 Å². The molecule has 0 bridgehead atoms. The normalized spacial score (nSPS) is 19.9. The van der Waals surface area contributed by atoms with Crippen LogP contribution in [-0.2, 0) is 18.8 Å². The van der Waals surface area contributed by atoms with Crippen LogP contribution >= 0.6 is 0 Å². The van der Waals surface area contributed by atoms with Crippen molar-refractivity contribution in [1.82, 2.24) is 4.98 Å². The highest BCUT2D eigenvalue weighted by molar-refractivity contribution is 6.57. The van der Waals surface area contributed by atoms with Crippen LogP contribution in [0.1, 0.15) is 40.2 Å². The molecule has 1 fully saturated rings. The molecule has 5 nitrogen and oxygen atoms in total. The number of esters is 1. The topological polar surface area (TPSA) is 57.7 Å². The molecule has 130 valence electrons. The molecule has 24 heavy (non-hydrogen) atoms. The van der Waals surface area contributed by atoms with Gasteiger partial charge in [0.15, 0.2) is 0 Å². The summed E-state index contributed by atoms with van der Waals surface area (Å²) in [6.45, 7) is 8.66. The number of aromatic nitrogens is 1. The van der Waals surface area contributed by atoms with Crippen LogP contribution in [0.2, 0.25) is 0 Å². The lowest BCUT2D eigenvalue weighted by molar-refractivity contribution is -0.136. The van der Waals surface area contributed by atoms with Crippen molar-refractivity contribution in [1.29, 1.82) is 0 Å². The second-order valence-corrected chi connectivity index (χ2v) is 6.42. The van der Waals surface area contributed by atoms with Crippen molar-refractivity contribution in [2.24, 2.45) is 0 Å². The van der Waals surface area contributed by atoms with Crippen molar-refractivity contribution in [3.8, 4) is 0 Å². The largest absolute Gasteiger partial charge is 0.526 e. The van der Waals surface area contributed by atoms with Gasteiger partial charge in [0.1, 0.15) is 11.5 Å². The molecule has 1 aromatic heterocycles. The number of hydrogen-bond acceptors (Lipinski definition) is 5. The molecule has 0 amide bonds. The number of pyridine rings is 1. The van der Waals surface area contributed by atoms with E-state index in [9.17, 15) is 9.18 Å². The van der Waals surface area contributed by atoms with E-state index in [1.165, 1.54) is 6.20 Å². The first-order valence-corrected chi connectivity index (χ1v) is 7.62. The molecule has 0 saturated carbocycles. The molecule has 1 aromatic rings. The van der Waals surface area contributed by atoms with Gasteiger partial charge in [-0.3, -0.25) is 4.98 Å². The van der Waals surface area contributed by atoms with Crippen LogP contribution in [0.3, 0.4) is 0 Å². The number of rotatable bonds is 4. The summed E-state index contributed by atoms with van der Waals surface area (Å²) in [6.07, 6.45) is 2.14. The van der Waals surface area contributed by atoms with Gasteiger partial charge in [-0.05, 0) is 40.7 Å². The zero-order valence-corrected chi connectivity index (χ0v) is 14.4. The summed E-state index contributed by atoms with van der Waals surface area (Å²) >= 11 is 0. The van der Waals surface area contributed by atoms with Gasteiger partial charge in [-0.1, -0.05) is 0 Å². The average Bonchev–Trinajstić information content (AvgIpc) is 2.68. The quantitative estimate of drug-likeness (QED) is 0.479. The van der Waals surface area contributed by atoms with Gasteiger partial charge in [-0.2, -0.15) is 0 Å². The van der Waals surface area contributed by atoms with Gasteiger partial charge in [0.25, 0.3) is 0 Å². The maximum atomic E-state index is 15.0. The highest BCUT2D eigenvalue weighted by atomic mass is 19.1. The highest BCUT2D eigenvalue weighted by Crippen LogP contribution is 2.40. The minimum Gasteiger partial charge on any atom is -0.462 e. The Hall–Kier alpha value is -1.80. The Morgan fingerprint density at radius 3 is 2.33 bits per heavy atom. The second-order valence-electron chi connectivity index (χ2n) is 6.42. The monoisotopic (exact) mass is 339 g/mol. The van der Waals surface area contributed by atoms with Crippen LogP contribution in [0.4, 0.5) is 8.78 Å². The number of halogens is 2. The smallest absolute Gasteiger partial charge is 0.462 e. The lowest BCUT2D eigenvalue weighted by Crippen LogP contribution is -2.41. The molecular weight excluding hydrogens is 319 g/mol. The number of nitrogens with zero attached hydrogens (tertiary/aromatic N) is 1. The van der Waals surface area contributed by atoms with Crippen LogP contribution in [0.25, 0.3) is 5.57 Å². The van der Waals surface area contributed by atoms with Crippen molar-refractivity contribution >= 4 is 18.7 Å². The van der Waals surface area contributed by atoms with Gasteiger partial charge in [0, 0.05) is 11.8 Å². The summed E-state index contributed by atoms with van der Waals surface area (Å²) in [4.78, 5) is 15.8. The highest BCUT2D eigenvalue weighted by Gasteiger charge is 2.54. The molecule has 0 atom stereocenters. The standard InChI is InChI=1S/C16H20BF2NO4/c1-6-22-14(21)12(10-7-11(18)9-20-8-10)13(19)17-23-15(2,3)16(4,5)24-17/h7-9H,6H2,1-5H3. The third-order valence-corrected chi connectivity index (χ3v) is 4.17. The van der Waals surface area contributed by atoms with E-state index in [1.54, 1.807) is 34.6 Å². The molecule has 0 aliphatic carbocycles. The Bertz CT molecular complexity index is 660. The predicted octanol–water partition coefficient (Wildman–Crippen LogP) is 3.10. The van der Waals surface area contributed by atoms with Gasteiger partial charge >= 0.3 is 13.1 Å². The third kappa shape index (κ3) is 3.49. The molecule has 0 unspecified atom stereocenters. The maximum absolute atomic E-state index is 15.0. The number of hydrogen-bond donors (Lipinski definition) is 0. The van der Waals surface area contributed by atoms with E-state index >= 15 is 4.39 Å². The molecule has 2 rings (SSSR count). The van der Waals surface area contributed by atoms with Crippen molar-refractivity contribution in [2.45, 2.75) is 45.8 Å². The summed E-state index contributed by atoms with van der Waals surface area (Å²) in [5.41, 5.74) is -3.04. The average molecular weight is 339 g/mol. The molecule has 1 aliphatic rings. The first-order valence-electron chi connectivity index (χ1n) is 7.62. The first kappa shape index (κ1) is 18.5. The molecule has 0 N–H and O–H groups in total. The van der Waals surface area contributed by atoms with E-state index in [0.717, 1.165) is 12.3 Å². The summed E-state index contributed by atoms with van der Waals surface area (Å²) in [6, 6.07) is 1.00. The minimum atomic E-state index is -1.39. The zero-order chi connectivity index (χ0) is 18.1. The molecule has 0 spiro atoms. The maximum Gasteiger partial charge on any atom is 0.526 e. The molecule has 8 heteroatoms. The second kappa shape index (κ2) is 6.60. The fourth-order valence-corrected chi connectivity index (χ4v) is 2.17. The first-order chi connectivity index (χ1) is 11.1. The summed E-state index contributed by atoms with van der Waals surface area (Å²) < 4.78 is 44.6. The summed E-state index contributed by atoms with van der Waals surface area (Å²) in [5, 5.41) is 0. The van der Waals surface area contributed by atoms with E-state index in [4.69, 9.17) is 14.0 Å². The SMILES string of the molecule is CCOC(=O)C(=C(F)B1OC(C)(C)C(C)(C)O1)c1cncc(F)c1. The van der Waals surface area contributed by atoms with Crippen LogP contribution < -0.4 is 0 Å². The summed E-state index contributed by atoms with van der Waals surface area (Å²) in [7, 11) is -1.39. The van der Waals surface area contributed by atoms with E-state index in [1.807, 2.05) is 0 Å².